The number of H-pyrrole nitrogens is 1. The van der Waals surface area contributed by atoms with E-state index in [0.29, 0.717) is 13.0 Å². The topological polar surface area (TPSA) is 140 Å². The average Bonchev–Trinajstić information content (AvgIpc) is 3.50. The lowest BCUT2D eigenvalue weighted by molar-refractivity contribution is -0.192. The number of nitrogens with one attached hydrogen (secondary N) is 2. The third-order valence-electron chi connectivity index (χ3n) is 6.29. The number of rotatable bonds is 6. The molecule has 0 bridgehead atoms. The molecule has 0 saturated carbocycles. The molecule has 1 aliphatic heterocycles. The first-order valence-corrected chi connectivity index (χ1v) is 11.7. The fraction of sp³-hybridized carbons (Fsp3) is 0.375. The fourth-order valence-corrected chi connectivity index (χ4v) is 3.99. The van der Waals surface area contributed by atoms with Crippen LogP contribution in [0.3, 0.4) is 0 Å². The molecule has 10 nitrogen and oxygen atoms in total. The number of anilines is 1. The van der Waals surface area contributed by atoms with Crippen LogP contribution >= 0.6 is 0 Å². The number of aromatic amines is 1. The van der Waals surface area contributed by atoms with E-state index < -0.39 is 53.0 Å². The molecule has 4 rings (SSSR count). The molecule has 0 radical (unpaired) electrons. The van der Waals surface area contributed by atoms with Crippen molar-refractivity contribution in [3.8, 4) is 17.2 Å². The number of benzene rings is 1. The molecular formula is C24H21F8N7O3. The lowest BCUT2D eigenvalue weighted by Gasteiger charge is -2.50. The number of aryl methyl sites for hydroxylation is 1. The van der Waals surface area contributed by atoms with E-state index in [1.165, 1.54) is 4.90 Å². The van der Waals surface area contributed by atoms with Gasteiger partial charge in [-0.1, -0.05) is 0 Å². The Balaban J connectivity index is 0.000000616. The Morgan fingerprint density at radius 2 is 1.79 bits per heavy atom. The minimum Gasteiger partial charge on any atom is -0.475 e. The summed E-state index contributed by atoms with van der Waals surface area (Å²) in [6.07, 6.45) is -4.75. The van der Waals surface area contributed by atoms with Crippen LogP contribution in [-0.2, 0) is 10.3 Å². The molecule has 1 aliphatic rings. The van der Waals surface area contributed by atoms with Crippen LogP contribution in [-0.4, -0.2) is 68.4 Å². The van der Waals surface area contributed by atoms with Crippen LogP contribution in [0.2, 0.25) is 0 Å². The summed E-state index contributed by atoms with van der Waals surface area (Å²) >= 11 is 0. The number of amides is 1. The van der Waals surface area contributed by atoms with E-state index in [1.54, 1.807) is 28.6 Å². The number of nitriles is 1. The van der Waals surface area contributed by atoms with Gasteiger partial charge < -0.3 is 15.3 Å². The minimum atomic E-state index is -5.08. The number of alkyl halides is 6. The van der Waals surface area contributed by atoms with Crippen LogP contribution < -0.4 is 10.2 Å². The maximum absolute atomic E-state index is 14.8. The van der Waals surface area contributed by atoms with E-state index in [0.717, 1.165) is 22.9 Å². The first-order valence-electron chi connectivity index (χ1n) is 11.7. The Morgan fingerprint density at radius 3 is 2.29 bits per heavy atom. The highest BCUT2D eigenvalue weighted by Crippen LogP contribution is 2.38. The molecule has 1 unspecified atom stereocenters. The molecule has 3 aromatic rings. The largest absolute Gasteiger partial charge is 0.490 e. The molecular weight excluding hydrogens is 586 g/mol. The number of carboxylic acid groups (broad SMARTS) is 1. The molecule has 2 aromatic heterocycles. The standard InChI is InChI=1S/C22H20F5N7O.C2HF3O2/c1-12-16(8-29-32-12)14-7-30-34(9-14)21(3-4-28)10-33(11-21)19-6-17(23)15(5-18(19)24)20(35)31-13(2)22(25,26)27;3-2(4,5)1(6)7/h5-9,13H,3,10-11H2,1-2H3,(H,29,32)(H,31,35);(H,6,7). The lowest BCUT2D eigenvalue weighted by Crippen LogP contribution is -2.63. The number of aliphatic carboxylic acids is 1. The number of aromatic nitrogens is 4. The van der Waals surface area contributed by atoms with Crippen LogP contribution in [0.1, 0.15) is 29.4 Å². The van der Waals surface area contributed by atoms with Crippen LogP contribution in [0.5, 0.6) is 0 Å². The Bertz CT molecular complexity index is 1500. The monoisotopic (exact) mass is 607 g/mol. The van der Waals surface area contributed by atoms with Gasteiger partial charge in [0.25, 0.3) is 5.91 Å². The van der Waals surface area contributed by atoms with E-state index in [-0.39, 0.29) is 25.2 Å². The lowest BCUT2D eigenvalue weighted by atomic mass is 9.86. The first-order chi connectivity index (χ1) is 19.4. The van der Waals surface area contributed by atoms with Gasteiger partial charge in [0.1, 0.15) is 23.2 Å². The third kappa shape index (κ3) is 6.78. The van der Waals surface area contributed by atoms with Crippen molar-refractivity contribution in [2.75, 3.05) is 18.0 Å². The van der Waals surface area contributed by atoms with Gasteiger partial charge in [-0.05, 0) is 19.9 Å². The summed E-state index contributed by atoms with van der Waals surface area (Å²) in [6.45, 7) is 2.79. The third-order valence-corrected chi connectivity index (χ3v) is 6.29. The van der Waals surface area contributed by atoms with Gasteiger partial charge >= 0.3 is 18.3 Å². The predicted molar refractivity (Wildman–Crippen MR) is 128 cm³/mol. The van der Waals surface area contributed by atoms with Crippen molar-refractivity contribution in [3.05, 3.63) is 53.6 Å². The summed E-state index contributed by atoms with van der Waals surface area (Å²) in [4.78, 5) is 22.4. The van der Waals surface area contributed by atoms with Gasteiger partial charge in [-0.25, -0.2) is 13.6 Å². The van der Waals surface area contributed by atoms with E-state index in [4.69, 9.17) is 9.90 Å². The predicted octanol–water partition coefficient (Wildman–Crippen LogP) is 4.30. The van der Waals surface area contributed by atoms with Crippen molar-refractivity contribution < 1.29 is 49.8 Å². The van der Waals surface area contributed by atoms with Crippen LogP contribution in [0.25, 0.3) is 11.1 Å². The summed E-state index contributed by atoms with van der Waals surface area (Å²) in [5.74, 6) is -6.27. The normalized spacial score (nSPS) is 15.1. The van der Waals surface area contributed by atoms with Gasteiger partial charge in [0, 0.05) is 42.2 Å². The zero-order chi connectivity index (χ0) is 31.6. The molecule has 42 heavy (non-hydrogen) atoms. The van der Waals surface area contributed by atoms with Crippen molar-refractivity contribution in [3.63, 3.8) is 0 Å². The Hall–Kier alpha value is -4.69. The minimum absolute atomic E-state index is 0.0505. The summed E-state index contributed by atoms with van der Waals surface area (Å²) < 4.78 is 101. The molecule has 1 aromatic carbocycles. The Kier molecular flexibility index (Phi) is 8.84. The van der Waals surface area contributed by atoms with Gasteiger partial charge in [0.05, 0.1) is 36.1 Å². The Morgan fingerprint density at radius 1 is 1.17 bits per heavy atom. The van der Waals surface area contributed by atoms with Crippen LogP contribution in [0, 0.1) is 29.9 Å². The number of carboxylic acids is 1. The molecule has 226 valence electrons. The molecule has 0 aliphatic carbocycles. The smallest absolute Gasteiger partial charge is 0.475 e. The second-order valence-electron chi connectivity index (χ2n) is 9.32. The number of hydrogen-bond donors (Lipinski definition) is 3. The second kappa shape index (κ2) is 11.7. The highest BCUT2D eigenvalue weighted by atomic mass is 19.4. The number of hydrogen-bond acceptors (Lipinski definition) is 6. The zero-order valence-corrected chi connectivity index (χ0v) is 21.6. The zero-order valence-electron chi connectivity index (χ0n) is 21.6. The summed E-state index contributed by atoms with van der Waals surface area (Å²) in [6, 6.07) is 1.20. The summed E-state index contributed by atoms with van der Waals surface area (Å²) in [5, 5.41) is 29.3. The molecule has 1 amide bonds. The van der Waals surface area contributed by atoms with Gasteiger partial charge in [-0.2, -0.15) is 41.8 Å². The first kappa shape index (κ1) is 31.8. The van der Waals surface area contributed by atoms with Crippen molar-refractivity contribution >= 4 is 17.6 Å². The molecule has 1 fully saturated rings. The van der Waals surface area contributed by atoms with Crippen LogP contribution in [0.15, 0.2) is 30.7 Å². The maximum Gasteiger partial charge on any atom is 0.490 e. The number of nitrogens with zero attached hydrogens (tertiary/aromatic N) is 5. The fourth-order valence-electron chi connectivity index (χ4n) is 3.99. The summed E-state index contributed by atoms with van der Waals surface area (Å²) in [5.41, 5.74) is 0.633. The average molecular weight is 607 g/mol. The SMILES string of the molecule is Cc1[nH]ncc1-c1cnn(C2(CC#N)CN(c3cc(F)c(C(=O)NC(C)C(F)(F)F)cc3F)C2)c1.O=C(O)C(F)(F)F. The van der Waals surface area contributed by atoms with E-state index >= 15 is 0 Å². The van der Waals surface area contributed by atoms with E-state index in [1.807, 2.05) is 6.92 Å². The highest BCUT2D eigenvalue weighted by Gasteiger charge is 2.47. The molecule has 3 N–H and O–H groups in total. The quantitative estimate of drug-likeness (QED) is 0.355. The number of carbonyl (C=O) groups excluding carboxylic acids is 1. The van der Waals surface area contributed by atoms with Gasteiger partial charge in [0.2, 0.25) is 0 Å². The van der Waals surface area contributed by atoms with E-state index in [9.17, 15) is 45.2 Å². The van der Waals surface area contributed by atoms with Gasteiger partial charge in [-0.3, -0.25) is 14.6 Å². The molecule has 3 heterocycles. The number of carbonyl (C=O) groups is 2. The van der Waals surface area contributed by atoms with Crippen molar-refractivity contribution in [2.24, 2.45) is 0 Å². The van der Waals surface area contributed by atoms with Crippen molar-refractivity contribution in [2.45, 2.75) is 44.2 Å². The van der Waals surface area contributed by atoms with Crippen molar-refractivity contribution in [1.82, 2.24) is 25.3 Å². The van der Waals surface area contributed by atoms with E-state index in [2.05, 4.69) is 21.4 Å². The summed E-state index contributed by atoms with van der Waals surface area (Å²) in [7, 11) is 0. The second-order valence-corrected chi connectivity index (χ2v) is 9.32. The van der Waals surface area contributed by atoms with Crippen LogP contribution in [0.4, 0.5) is 40.8 Å². The van der Waals surface area contributed by atoms with Gasteiger partial charge in [-0.15, -0.1) is 0 Å². The molecule has 0 spiro atoms. The van der Waals surface area contributed by atoms with Crippen molar-refractivity contribution in [1.29, 1.82) is 5.26 Å². The molecule has 1 saturated heterocycles. The maximum atomic E-state index is 14.8. The Labute approximate surface area is 231 Å². The molecule has 1 atom stereocenters. The van der Waals surface area contributed by atoms with Gasteiger partial charge in [0.15, 0.2) is 0 Å². The molecule has 18 heteroatoms. The highest BCUT2D eigenvalue weighted by molar-refractivity contribution is 5.95. The number of halogens is 8.